The van der Waals surface area contributed by atoms with Gasteiger partial charge in [-0.25, -0.2) is 0 Å². The van der Waals surface area contributed by atoms with Gasteiger partial charge in [0.05, 0.1) is 7.11 Å². The quantitative estimate of drug-likeness (QED) is 0.179. The molecule has 35 heavy (non-hydrogen) atoms. The van der Waals surface area contributed by atoms with E-state index in [0.29, 0.717) is 0 Å². The van der Waals surface area contributed by atoms with Gasteiger partial charge in [-0.3, -0.25) is 0 Å². The fourth-order valence-corrected chi connectivity index (χ4v) is 6.73. The molecular weight excluding hydrogens is 443 g/mol. The average Bonchev–Trinajstić information content (AvgIpc) is 2.94. The smallest absolute Gasteiger partial charge is 0.118 e. The molecule has 5 aromatic rings. The molecule has 0 spiro atoms. The SMILES string of the molecule is COc1ccc(/C=C/c2ccccc2-c2ccccc2P(c2ccccc2)c2ccccc2)cc1. The second kappa shape index (κ2) is 11.0. The normalized spacial score (nSPS) is 11.1. The Labute approximate surface area is 209 Å². The molecule has 2 heteroatoms. The number of methoxy groups -OCH3 is 1. The van der Waals surface area contributed by atoms with Gasteiger partial charge in [0, 0.05) is 0 Å². The van der Waals surface area contributed by atoms with Crippen molar-refractivity contribution in [1.82, 2.24) is 0 Å². The van der Waals surface area contributed by atoms with Gasteiger partial charge in [-0.15, -0.1) is 0 Å². The van der Waals surface area contributed by atoms with Crippen molar-refractivity contribution < 1.29 is 4.74 Å². The lowest BCUT2D eigenvalue weighted by molar-refractivity contribution is 0.415. The molecule has 0 N–H and O–H groups in total. The highest BCUT2D eigenvalue weighted by molar-refractivity contribution is 7.80. The van der Waals surface area contributed by atoms with Crippen LogP contribution in [0.5, 0.6) is 5.75 Å². The molecule has 0 saturated heterocycles. The third-order valence-electron chi connectivity index (χ3n) is 6.00. The van der Waals surface area contributed by atoms with E-state index in [1.807, 2.05) is 12.1 Å². The van der Waals surface area contributed by atoms with Crippen LogP contribution < -0.4 is 20.7 Å². The number of benzene rings is 5. The second-order valence-corrected chi connectivity index (χ2v) is 10.4. The summed E-state index contributed by atoms with van der Waals surface area (Å²) < 4.78 is 5.30. The molecule has 0 aromatic heterocycles. The lowest BCUT2D eigenvalue weighted by Crippen LogP contribution is -2.22. The Hall–Kier alpha value is -3.93. The van der Waals surface area contributed by atoms with Gasteiger partial charge in [0.2, 0.25) is 0 Å². The molecule has 0 heterocycles. The van der Waals surface area contributed by atoms with E-state index in [1.165, 1.54) is 32.6 Å². The van der Waals surface area contributed by atoms with E-state index in [-0.39, 0.29) is 0 Å². The molecule has 0 bridgehead atoms. The topological polar surface area (TPSA) is 9.23 Å². The summed E-state index contributed by atoms with van der Waals surface area (Å²) in [4.78, 5) is 0. The molecular formula is C33H27OP. The van der Waals surface area contributed by atoms with E-state index in [2.05, 4.69) is 133 Å². The molecule has 5 aromatic carbocycles. The zero-order chi connectivity index (χ0) is 23.9. The Balaban J connectivity index is 1.60. The van der Waals surface area contributed by atoms with Crippen LogP contribution in [0.25, 0.3) is 23.3 Å². The first-order valence-corrected chi connectivity index (χ1v) is 13.1. The van der Waals surface area contributed by atoms with Gasteiger partial charge in [0.25, 0.3) is 0 Å². The van der Waals surface area contributed by atoms with Gasteiger partial charge in [-0.1, -0.05) is 133 Å². The van der Waals surface area contributed by atoms with E-state index in [0.717, 1.165) is 11.3 Å². The number of rotatable bonds is 7. The maximum atomic E-state index is 5.30. The Morgan fingerprint density at radius 3 is 1.69 bits per heavy atom. The minimum atomic E-state index is -0.700. The largest absolute Gasteiger partial charge is 0.497 e. The van der Waals surface area contributed by atoms with E-state index < -0.39 is 7.92 Å². The van der Waals surface area contributed by atoms with Gasteiger partial charge < -0.3 is 4.74 Å². The van der Waals surface area contributed by atoms with Crippen molar-refractivity contribution in [2.75, 3.05) is 7.11 Å². The molecule has 0 atom stereocenters. The summed E-state index contributed by atoms with van der Waals surface area (Å²) in [5.74, 6) is 0.867. The van der Waals surface area contributed by atoms with Crippen molar-refractivity contribution >= 4 is 36.0 Å². The van der Waals surface area contributed by atoms with Crippen LogP contribution in [0.3, 0.4) is 0 Å². The van der Waals surface area contributed by atoms with Crippen LogP contribution in [0, 0.1) is 0 Å². The van der Waals surface area contributed by atoms with Crippen LogP contribution in [-0.4, -0.2) is 7.11 Å². The van der Waals surface area contributed by atoms with Crippen molar-refractivity contribution in [3.8, 4) is 16.9 Å². The maximum absolute atomic E-state index is 5.30. The Morgan fingerprint density at radius 1 is 0.514 bits per heavy atom. The van der Waals surface area contributed by atoms with E-state index in [1.54, 1.807) is 7.11 Å². The highest BCUT2D eigenvalue weighted by Gasteiger charge is 2.20. The van der Waals surface area contributed by atoms with E-state index in [9.17, 15) is 0 Å². The Kier molecular flexibility index (Phi) is 7.18. The van der Waals surface area contributed by atoms with Crippen LogP contribution in [0.2, 0.25) is 0 Å². The van der Waals surface area contributed by atoms with E-state index >= 15 is 0 Å². The van der Waals surface area contributed by atoms with Crippen LogP contribution in [0.4, 0.5) is 0 Å². The van der Waals surface area contributed by atoms with Crippen molar-refractivity contribution in [3.05, 3.63) is 145 Å². The number of ether oxygens (including phenoxy) is 1. The van der Waals surface area contributed by atoms with Crippen molar-refractivity contribution in [2.24, 2.45) is 0 Å². The van der Waals surface area contributed by atoms with Gasteiger partial charge >= 0.3 is 0 Å². The van der Waals surface area contributed by atoms with Crippen LogP contribution in [0.15, 0.2) is 133 Å². The lowest BCUT2D eigenvalue weighted by atomic mass is 9.99. The summed E-state index contributed by atoms with van der Waals surface area (Å²) in [5, 5.41) is 4.07. The predicted octanol–water partition coefficient (Wildman–Crippen LogP) is 7.29. The summed E-state index contributed by atoms with van der Waals surface area (Å²) in [5.41, 5.74) is 4.87. The van der Waals surface area contributed by atoms with Crippen LogP contribution in [-0.2, 0) is 0 Å². The molecule has 170 valence electrons. The minimum absolute atomic E-state index is 0.700. The monoisotopic (exact) mass is 470 g/mol. The minimum Gasteiger partial charge on any atom is -0.497 e. The Bertz CT molecular complexity index is 1370. The summed E-state index contributed by atoms with van der Waals surface area (Å²) in [6.07, 6.45) is 4.37. The van der Waals surface area contributed by atoms with Crippen LogP contribution in [0.1, 0.15) is 11.1 Å². The molecule has 0 amide bonds. The number of hydrogen-bond donors (Lipinski definition) is 0. The molecule has 0 fully saturated rings. The van der Waals surface area contributed by atoms with E-state index in [4.69, 9.17) is 4.74 Å². The molecule has 0 saturated carbocycles. The molecule has 1 nitrogen and oxygen atoms in total. The van der Waals surface area contributed by atoms with Gasteiger partial charge in [0.15, 0.2) is 0 Å². The summed E-state index contributed by atoms with van der Waals surface area (Å²) in [7, 11) is 0.993. The highest BCUT2D eigenvalue weighted by atomic mass is 31.1. The fraction of sp³-hybridized carbons (Fsp3) is 0.0303. The summed E-state index contributed by atoms with van der Waals surface area (Å²) in [6, 6.07) is 47.4. The molecule has 0 aliphatic carbocycles. The molecule has 0 radical (unpaired) electrons. The highest BCUT2D eigenvalue weighted by Crippen LogP contribution is 2.38. The van der Waals surface area contributed by atoms with Gasteiger partial charge in [0.1, 0.15) is 5.75 Å². The molecule has 0 aliphatic heterocycles. The standard InChI is InChI=1S/C33H27OP/c1-34-28-24-21-26(22-25-28)20-23-27-12-8-9-17-31(27)32-18-10-11-19-33(32)35(29-13-4-2-5-14-29)30-15-6-3-7-16-30/h2-25H,1H3/b23-20+. The van der Waals surface area contributed by atoms with Crippen molar-refractivity contribution in [2.45, 2.75) is 0 Å². The summed E-state index contributed by atoms with van der Waals surface area (Å²) in [6.45, 7) is 0. The first kappa shape index (κ1) is 22.8. The zero-order valence-electron chi connectivity index (χ0n) is 19.7. The zero-order valence-corrected chi connectivity index (χ0v) is 20.6. The number of hydrogen-bond acceptors (Lipinski definition) is 1. The Morgan fingerprint density at radius 2 is 1.06 bits per heavy atom. The second-order valence-electron chi connectivity index (χ2n) is 8.22. The first-order valence-electron chi connectivity index (χ1n) is 11.7. The van der Waals surface area contributed by atoms with Crippen molar-refractivity contribution in [3.63, 3.8) is 0 Å². The maximum Gasteiger partial charge on any atom is 0.118 e. The molecule has 0 aliphatic rings. The van der Waals surface area contributed by atoms with Gasteiger partial charge in [-0.2, -0.15) is 0 Å². The third kappa shape index (κ3) is 5.27. The molecule has 5 rings (SSSR count). The van der Waals surface area contributed by atoms with Crippen LogP contribution >= 0.6 is 7.92 Å². The average molecular weight is 471 g/mol. The predicted molar refractivity (Wildman–Crippen MR) is 153 cm³/mol. The third-order valence-corrected chi connectivity index (χ3v) is 8.50. The van der Waals surface area contributed by atoms with Gasteiger partial charge in [-0.05, 0) is 58.2 Å². The van der Waals surface area contributed by atoms with Crippen molar-refractivity contribution in [1.29, 1.82) is 0 Å². The molecule has 0 unspecified atom stereocenters. The first-order chi connectivity index (χ1) is 17.3. The fourth-order valence-electron chi connectivity index (χ4n) is 4.27. The lowest BCUT2D eigenvalue weighted by Gasteiger charge is -2.23. The summed E-state index contributed by atoms with van der Waals surface area (Å²) >= 11 is 0.